The smallest absolute Gasteiger partial charge is 0.273 e. The van der Waals surface area contributed by atoms with Crippen molar-refractivity contribution < 1.29 is 9.21 Å². The van der Waals surface area contributed by atoms with Crippen molar-refractivity contribution in [3.8, 4) is 0 Å². The van der Waals surface area contributed by atoms with Crippen LogP contribution in [-0.4, -0.2) is 37.3 Å². The minimum absolute atomic E-state index is 0.0864. The molecule has 0 bridgehead atoms. The van der Waals surface area contributed by atoms with Gasteiger partial charge in [-0.25, -0.2) is 4.68 Å². The Hall–Kier alpha value is -2.70. The van der Waals surface area contributed by atoms with Crippen LogP contribution < -0.4 is 0 Å². The molecule has 106 valence electrons. The van der Waals surface area contributed by atoms with E-state index in [1.807, 2.05) is 4.68 Å². The third-order valence-electron chi connectivity index (χ3n) is 3.72. The molecule has 0 N–H and O–H groups in total. The molecule has 4 heterocycles. The van der Waals surface area contributed by atoms with E-state index in [1.165, 1.54) is 0 Å². The maximum atomic E-state index is 12.8. The minimum atomic E-state index is -0.0864. The van der Waals surface area contributed by atoms with Crippen LogP contribution >= 0.6 is 0 Å². The van der Waals surface area contributed by atoms with E-state index in [2.05, 4.69) is 15.3 Å². The lowest BCUT2D eigenvalue weighted by Crippen LogP contribution is -2.31. The molecule has 1 aliphatic heterocycles. The molecule has 7 nitrogen and oxygen atoms in total. The first kappa shape index (κ1) is 12.1. The predicted molar refractivity (Wildman–Crippen MR) is 73.4 cm³/mol. The Labute approximate surface area is 120 Å². The van der Waals surface area contributed by atoms with E-state index in [-0.39, 0.29) is 5.91 Å². The molecule has 0 fully saturated rings. The summed E-state index contributed by atoms with van der Waals surface area (Å²) in [6.45, 7) is 1.96. The number of fused-ring (bicyclic) bond motifs is 2. The summed E-state index contributed by atoms with van der Waals surface area (Å²) in [5.74, 6) is -0.0864. The van der Waals surface area contributed by atoms with Crippen molar-refractivity contribution in [2.75, 3.05) is 6.54 Å². The molecule has 3 aromatic rings. The fourth-order valence-electron chi connectivity index (χ4n) is 2.66. The minimum Gasteiger partial charge on any atom is -0.464 e. The van der Waals surface area contributed by atoms with E-state index in [9.17, 15) is 4.79 Å². The first-order valence-electron chi connectivity index (χ1n) is 6.82. The quantitative estimate of drug-likeness (QED) is 0.675. The molecule has 1 aliphatic rings. The van der Waals surface area contributed by atoms with Crippen LogP contribution in [0.1, 0.15) is 22.6 Å². The van der Waals surface area contributed by atoms with Crippen LogP contribution in [0, 0.1) is 0 Å². The van der Waals surface area contributed by atoms with E-state index in [1.54, 1.807) is 35.7 Å². The second-order valence-corrected chi connectivity index (χ2v) is 5.02. The molecule has 4 rings (SSSR count). The number of furan rings is 1. The highest BCUT2D eigenvalue weighted by molar-refractivity contribution is 6.03. The summed E-state index contributed by atoms with van der Waals surface area (Å²) in [7, 11) is 0. The van der Waals surface area contributed by atoms with Gasteiger partial charge in [0.25, 0.3) is 5.91 Å². The molecular weight excluding hydrogens is 270 g/mol. The highest BCUT2D eigenvalue weighted by Crippen LogP contribution is 2.21. The normalized spacial score (nSPS) is 15.0. The van der Waals surface area contributed by atoms with Crippen LogP contribution in [0.4, 0.5) is 0 Å². The standard InChI is InChI=1S/C14H13N5O2/c20-14(13-11-3-7-21-12(11)2-4-15-13)18-5-1-6-19-10(9-18)8-16-17-19/h2-4,7-8H,1,5-6,9H2. The molecule has 0 unspecified atom stereocenters. The highest BCUT2D eigenvalue weighted by atomic mass is 16.3. The van der Waals surface area contributed by atoms with Crippen molar-refractivity contribution in [3.05, 3.63) is 42.2 Å². The number of rotatable bonds is 1. The maximum Gasteiger partial charge on any atom is 0.273 e. The number of aryl methyl sites for hydroxylation is 1. The van der Waals surface area contributed by atoms with Crippen molar-refractivity contribution in [1.29, 1.82) is 0 Å². The Kier molecular flexibility index (Phi) is 2.70. The van der Waals surface area contributed by atoms with Crippen LogP contribution in [0.25, 0.3) is 11.0 Å². The average Bonchev–Trinajstić information content (AvgIpc) is 3.11. The van der Waals surface area contributed by atoms with Gasteiger partial charge in [0.1, 0.15) is 11.3 Å². The van der Waals surface area contributed by atoms with E-state index < -0.39 is 0 Å². The molecule has 0 aliphatic carbocycles. The van der Waals surface area contributed by atoms with Crippen LogP contribution in [-0.2, 0) is 13.1 Å². The molecule has 1 amide bonds. The Balaban J connectivity index is 1.70. The predicted octanol–water partition coefficient (Wildman–Crippen LogP) is 1.47. The molecule has 0 saturated heterocycles. The van der Waals surface area contributed by atoms with Crippen molar-refractivity contribution in [2.24, 2.45) is 0 Å². The van der Waals surface area contributed by atoms with Gasteiger partial charge in [0.05, 0.1) is 30.1 Å². The van der Waals surface area contributed by atoms with Gasteiger partial charge in [-0.15, -0.1) is 5.10 Å². The number of nitrogens with zero attached hydrogens (tertiary/aromatic N) is 5. The Morgan fingerprint density at radius 1 is 1.29 bits per heavy atom. The van der Waals surface area contributed by atoms with Crippen molar-refractivity contribution in [2.45, 2.75) is 19.5 Å². The van der Waals surface area contributed by atoms with Gasteiger partial charge in [-0.05, 0) is 18.6 Å². The van der Waals surface area contributed by atoms with Crippen LogP contribution in [0.15, 0.2) is 35.2 Å². The number of hydrogen-bond acceptors (Lipinski definition) is 5. The Morgan fingerprint density at radius 3 is 3.19 bits per heavy atom. The number of hydrogen-bond donors (Lipinski definition) is 0. The van der Waals surface area contributed by atoms with Gasteiger partial charge < -0.3 is 9.32 Å². The van der Waals surface area contributed by atoms with Crippen LogP contribution in [0.5, 0.6) is 0 Å². The van der Waals surface area contributed by atoms with Gasteiger partial charge in [-0.2, -0.15) is 0 Å². The fraction of sp³-hybridized carbons (Fsp3) is 0.286. The molecule has 0 radical (unpaired) electrons. The summed E-state index contributed by atoms with van der Waals surface area (Å²) in [6.07, 6.45) is 5.73. The van der Waals surface area contributed by atoms with Gasteiger partial charge >= 0.3 is 0 Å². The molecule has 0 aromatic carbocycles. The largest absolute Gasteiger partial charge is 0.464 e. The van der Waals surface area contributed by atoms with E-state index in [0.29, 0.717) is 24.4 Å². The summed E-state index contributed by atoms with van der Waals surface area (Å²) in [6, 6.07) is 3.53. The van der Waals surface area contributed by atoms with Crippen molar-refractivity contribution in [1.82, 2.24) is 24.9 Å². The molecular formula is C14H13N5O2. The number of carbonyl (C=O) groups is 1. The van der Waals surface area contributed by atoms with Crippen LogP contribution in [0.2, 0.25) is 0 Å². The zero-order valence-corrected chi connectivity index (χ0v) is 11.3. The van der Waals surface area contributed by atoms with Gasteiger partial charge in [-0.3, -0.25) is 9.78 Å². The average molecular weight is 283 g/mol. The lowest BCUT2D eigenvalue weighted by molar-refractivity contribution is 0.0742. The number of pyridine rings is 1. The third-order valence-corrected chi connectivity index (χ3v) is 3.72. The van der Waals surface area contributed by atoms with Gasteiger partial charge in [-0.1, -0.05) is 5.21 Å². The summed E-state index contributed by atoms with van der Waals surface area (Å²) < 4.78 is 7.18. The van der Waals surface area contributed by atoms with E-state index in [0.717, 1.165) is 24.0 Å². The molecule has 0 saturated carbocycles. The Bertz CT molecular complexity index is 806. The van der Waals surface area contributed by atoms with Crippen LogP contribution in [0.3, 0.4) is 0 Å². The molecule has 0 spiro atoms. The van der Waals surface area contributed by atoms with Crippen molar-refractivity contribution >= 4 is 16.9 Å². The maximum absolute atomic E-state index is 12.8. The van der Waals surface area contributed by atoms with E-state index >= 15 is 0 Å². The SMILES string of the molecule is O=C(c1nccc2occc12)N1CCCn2nncc2C1. The van der Waals surface area contributed by atoms with E-state index in [4.69, 9.17) is 4.42 Å². The van der Waals surface area contributed by atoms with Gasteiger partial charge in [0, 0.05) is 19.3 Å². The summed E-state index contributed by atoms with van der Waals surface area (Å²) in [4.78, 5) is 18.8. The number of amides is 1. The number of aromatic nitrogens is 4. The highest BCUT2D eigenvalue weighted by Gasteiger charge is 2.23. The fourth-order valence-corrected chi connectivity index (χ4v) is 2.66. The molecule has 21 heavy (non-hydrogen) atoms. The zero-order chi connectivity index (χ0) is 14.2. The second kappa shape index (κ2) is 4.69. The Morgan fingerprint density at radius 2 is 2.24 bits per heavy atom. The topological polar surface area (TPSA) is 77.0 Å². The molecule has 7 heteroatoms. The lowest BCUT2D eigenvalue weighted by Gasteiger charge is -2.19. The first-order valence-corrected chi connectivity index (χ1v) is 6.82. The second-order valence-electron chi connectivity index (χ2n) is 5.02. The zero-order valence-electron chi connectivity index (χ0n) is 11.3. The summed E-state index contributed by atoms with van der Waals surface area (Å²) >= 11 is 0. The lowest BCUT2D eigenvalue weighted by atomic mass is 10.2. The molecule has 0 atom stereocenters. The summed E-state index contributed by atoms with van der Waals surface area (Å²) in [5.41, 5.74) is 2.05. The molecule has 3 aromatic heterocycles. The van der Waals surface area contributed by atoms with Gasteiger partial charge in [0.2, 0.25) is 0 Å². The van der Waals surface area contributed by atoms with Gasteiger partial charge in [0.15, 0.2) is 0 Å². The first-order chi connectivity index (χ1) is 10.3. The number of carbonyl (C=O) groups excluding carboxylic acids is 1. The monoisotopic (exact) mass is 283 g/mol. The van der Waals surface area contributed by atoms with Crippen molar-refractivity contribution in [3.63, 3.8) is 0 Å². The summed E-state index contributed by atoms with van der Waals surface area (Å²) in [5, 5.41) is 8.67. The third kappa shape index (κ3) is 1.97.